The van der Waals surface area contributed by atoms with Gasteiger partial charge in [-0.25, -0.2) is 4.79 Å². The molecule has 1 fully saturated rings. The number of carbonyl (C=O) groups excluding carboxylic acids is 2. The van der Waals surface area contributed by atoms with Crippen molar-refractivity contribution in [2.75, 3.05) is 5.75 Å². The van der Waals surface area contributed by atoms with E-state index in [2.05, 4.69) is 17.2 Å². The van der Waals surface area contributed by atoms with Crippen LogP contribution in [0.25, 0.3) is 0 Å². The van der Waals surface area contributed by atoms with Gasteiger partial charge in [-0.2, -0.15) is 0 Å². The van der Waals surface area contributed by atoms with Crippen molar-refractivity contribution in [2.45, 2.75) is 39.3 Å². The van der Waals surface area contributed by atoms with Crippen LogP contribution in [0.3, 0.4) is 0 Å². The monoisotopic (exact) mass is 310 g/mol. The van der Waals surface area contributed by atoms with E-state index >= 15 is 0 Å². The summed E-state index contributed by atoms with van der Waals surface area (Å²) in [4.78, 5) is 24.6. The number of ether oxygens (including phenoxy) is 1. The van der Waals surface area contributed by atoms with E-state index < -0.39 is 17.7 Å². The van der Waals surface area contributed by atoms with Crippen molar-refractivity contribution in [3.05, 3.63) is 35.4 Å². The molecule has 1 rings (SSSR count). The Kier molecular flexibility index (Phi) is 6.08. The van der Waals surface area contributed by atoms with Gasteiger partial charge in [0.05, 0.1) is 5.70 Å². The van der Waals surface area contributed by atoms with Gasteiger partial charge in [0, 0.05) is 10.7 Å². The second-order valence-corrected chi connectivity index (χ2v) is 6.64. The molecule has 116 valence electrons. The van der Waals surface area contributed by atoms with Gasteiger partial charge in [-0.05, 0) is 33.8 Å². The summed E-state index contributed by atoms with van der Waals surface area (Å²) >= 11 is 1.42. The molecule has 0 radical (unpaired) electrons. The van der Waals surface area contributed by atoms with Crippen LogP contribution in [-0.4, -0.2) is 29.4 Å². The third-order valence-electron chi connectivity index (χ3n) is 2.45. The van der Waals surface area contributed by atoms with Crippen LogP contribution < -0.4 is 10.6 Å². The Labute approximate surface area is 129 Å². The zero-order chi connectivity index (χ0) is 16.0. The van der Waals surface area contributed by atoms with Crippen molar-refractivity contribution in [3.63, 3.8) is 0 Å². The first-order valence-electron chi connectivity index (χ1n) is 6.68. The molecule has 2 amide bonds. The highest BCUT2D eigenvalue weighted by atomic mass is 32.2. The lowest BCUT2D eigenvalue weighted by atomic mass is 10.2. The molecular weight excluding hydrogens is 288 g/mol. The first-order chi connectivity index (χ1) is 9.73. The molecule has 0 spiro atoms. The summed E-state index contributed by atoms with van der Waals surface area (Å²) in [5.41, 5.74) is 0.0514. The quantitative estimate of drug-likeness (QED) is 0.823. The zero-order valence-corrected chi connectivity index (χ0v) is 13.7. The first-order valence-corrected chi connectivity index (χ1v) is 7.67. The SMILES string of the molecule is C=C1SC[C@H](NC(=O)OC(C)(C)C)C(=O)N/C1=C/C=C\C. The fourth-order valence-corrected chi connectivity index (χ4v) is 2.39. The summed E-state index contributed by atoms with van der Waals surface area (Å²) < 4.78 is 5.16. The topological polar surface area (TPSA) is 67.4 Å². The third-order valence-corrected chi connectivity index (χ3v) is 3.51. The van der Waals surface area contributed by atoms with Crippen molar-refractivity contribution in [2.24, 2.45) is 0 Å². The molecule has 1 aliphatic rings. The number of rotatable bonds is 2. The minimum absolute atomic E-state index is 0.275. The van der Waals surface area contributed by atoms with E-state index in [1.165, 1.54) is 11.8 Å². The number of thioether (sulfide) groups is 1. The fraction of sp³-hybridized carbons (Fsp3) is 0.467. The molecule has 5 nitrogen and oxygen atoms in total. The number of hydrogen-bond donors (Lipinski definition) is 2. The van der Waals surface area contributed by atoms with Crippen molar-refractivity contribution in [1.29, 1.82) is 0 Å². The largest absolute Gasteiger partial charge is 0.444 e. The molecule has 1 atom stereocenters. The highest BCUT2D eigenvalue weighted by Crippen LogP contribution is 2.24. The second-order valence-electron chi connectivity index (χ2n) is 5.53. The van der Waals surface area contributed by atoms with Gasteiger partial charge >= 0.3 is 6.09 Å². The minimum Gasteiger partial charge on any atom is -0.444 e. The van der Waals surface area contributed by atoms with Gasteiger partial charge in [0.15, 0.2) is 0 Å². The minimum atomic E-state index is -0.655. The van der Waals surface area contributed by atoms with Gasteiger partial charge in [0.25, 0.3) is 0 Å². The normalized spacial score (nSPS) is 22.1. The molecule has 1 aliphatic heterocycles. The maximum Gasteiger partial charge on any atom is 0.408 e. The average Bonchev–Trinajstić information content (AvgIpc) is 2.47. The van der Waals surface area contributed by atoms with E-state index in [1.807, 2.05) is 19.1 Å². The highest BCUT2D eigenvalue weighted by molar-refractivity contribution is 8.03. The van der Waals surface area contributed by atoms with Crippen molar-refractivity contribution < 1.29 is 14.3 Å². The van der Waals surface area contributed by atoms with Crippen LogP contribution in [0, 0.1) is 0 Å². The van der Waals surface area contributed by atoms with E-state index in [4.69, 9.17) is 4.74 Å². The lowest BCUT2D eigenvalue weighted by Crippen LogP contribution is -2.48. The number of alkyl carbamates (subject to hydrolysis) is 1. The van der Waals surface area contributed by atoms with Crippen LogP contribution in [0.5, 0.6) is 0 Å². The van der Waals surface area contributed by atoms with Crippen LogP contribution in [-0.2, 0) is 9.53 Å². The first kappa shape index (κ1) is 17.4. The zero-order valence-electron chi connectivity index (χ0n) is 12.9. The van der Waals surface area contributed by atoms with Gasteiger partial charge in [-0.15, -0.1) is 11.8 Å². The number of nitrogens with one attached hydrogen (secondary N) is 2. The lowest BCUT2D eigenvalue weighted by molar-refractivity contribution is -0.121. The summed E-state index contributed by atoms with van der Waals surface area (Å²) in [5, 5.41) is 5.34. The van der Waals surface area contributed by atoms with E-state index in [-0.39, 0.29) is 5.91 Å². The molecule has 0 bridgehead atoms. The molecule has 0 saturated carbocycles. The Morgan fingerprint density at radius 1 is 1.52 bits per heavy atom. The molecule has 6 heteroatoms. The second kappa shape index (κ2) is 7.36. The summed E-state index contributed by atoms with van der Waals surface area (Å²) in [5.74, 6) is 0.139. The average molecular weight is 310 g/mol. The van der Waals surface area contributed by atoms with E-state index in [9.17, 15) is 9.59 Å². The molecule has 1 heterocycles. The molecule has 1 saturated heterocycles. The molecule has 0 aromatic rings. The third kappa shape index (κ3) is 6.08. The number of allylic oxidation sites excluding steroid dienone is 3. The number of amides is 2. The van der Waals surface area contributed by atoms with Crippen molar-refractivity contribution in [3.8, 4) is 0 Å². The summed E-state index contributed by atoms with van der Waals surface area (Å²) in [7, 11) is 0. The molecular formula is C15H22N2O3S. The van der Waals surface area contributed by atoms with Gasteiger partial charge in [0.2, 0.25) is 5.91 Å². The van der Waals surface area contributed by atoms with E-state index in [1.54, 1.807) is 26.8 Å². The Balaban J connectivity index is 2.73. The Morgan fingerprint density at radius 2 is 2.19 bits per heavy atom. The Hall–Kier alpha value is -1.69. The summed E-state index contributed by atoms with van der Waals surface area (Å²) in [6.07, 6.45) is 4.86. The smallest absolute Gasteiger partial charge is 0.408 e. The summed E-state index contributed by atoms with van der Waals surface area (Å²) in [6, 6.07) is -0.655. The Bertz CT molecular complexity index is 490. The number of hydrogen-bond acceptors (Lipinski definition) is 4. The molecule has 2 N–H and O–H groups in total. The molecule has 0 aromatic carbocycles. The van der Waals surface area contributed by atoms with Crippen LogP contribution in [0.2, 0.25) is 0 Å². The van der Waals surface area contributed by atoms with Crippen LogP contribution in [0.15, 0.2) is 35.4 Å². The van der Waals surface area contributed by atoms with Crippen LogP contribution in [0.1, 0.15) is 27.7 Å². The number of carbonyl (C=O) groups is 2. The van der Waals surface area contributed by atoms with Crippen molar-refractivity contribution >= 4 is 23.8 Å². The maximum absolute atomic E-state index is 12.1. The van der Waals surface area contributed by atoms with Gasteiger partial charge in [-0.3, -0.25) is 4.79 Å². The maximum atomic E-state index is 12.1. The molecule has 0 aliphatic carbocycles. The van der Waals surface area contributed by atoms with Gasteiger partial charge in [-0.1, -0.05) is 18.7 Å². The van der Waals surface area contributed by atoms with Crippen LogP contribution in [0.4, 0.5) is 4.79 Å². The highest BCUT2D eigenvalue weighted by Gasteiger charge is 2.28. The molecule has 0 aromatic heterocycles. The Morgan fingerprint density at radius 3 is 2.76 bits per heavy atom. The summed E-state index contributed by atoms with van der Waals surface area (Å²) in [6.45, 7) is 11.1. The van der Waals surface area contributed by atoms with Crippen LogP contribution >= 0.6 is 11.8 Å². The molecule has 0 unspecified atom stereocenters. The fourth-order valence-electron chi connectivity index (χ4n) is 1.51. The standard InChI is InChI=1S/C15H22N2O3S/c1-6-7-8-11-10(2)21-9-12(13(18)16-11)17-14(19)20-15(3,4)5/h6-8,12H,2,9H2,1,3-5H3,(H,16,18)(H,17,19)/b7-6-,11-8+/t12-/m0/s1. The van der Waals surface area contributed by atoms with Gasteiger partial charge < -0.3 is 15.4 Å². The van der Waals surface area contributed by atoms with E-state index in [0.29, 0.717) is 11.4 Å². The lowest BCUT2D eigenvalue weighted by Gasteiger charge is -2.22. The van der Waals surface area contributed by atoms with Gasteiger partial charge in [0.1, 0.15) is 11.6 Å². The predicted molar refractivity (Wildman–Crippen MR) is 85.8 cm³/mol. The predicted octanol–water partition coefficient (Wildman–Crippen LogP) is 2.72. The van der Waals surface area contributed by atoms with E-state index in [0.717, 1.165) is 4.91 Å². The molecule has 21 heavy (non-hydrogen) atoms. The van der Waals surface area contributed by atoms with Crippen molar-refractivity contribution in [1.82, 2.24) is 10.6 Å².